The number of esters is 2. The van der Waals surface area contributed by atoms with E-state index in [0.29, 0.717) is 0 Å². The van der Waals surface area contributed by atoms with Gasteiger partial charge in [0.2, 0.25) is 0 Å². The van der Waals surface area contributed by atoms with Crippen LogP contribution in [-0.4, -0.2) is 60.3 Å². The van der Waals surface area contributed by atoms with E-state index in [9.17, 15) is 24.6 Å². The Morgan fingerprint density at radius 3 is 1.76 bits per heavy atom. The summed E-state index contributed by atoms with van der Waals surface area (Å²) >= 11 is 0. The van der Waals surface area contributed by atoms with Crippen molar-refractivity contribution < 1.29 is 34.1 Å². The Kier molecular flexibility index (Phi) is 5.53. The highest BCUT2D eigenvalue weighted by Crippen LogP contribution is 2.21. The van der Waals surface area contributed by atoms with E-state index in [-0.39, 0.29) is 17.1 Å². The Bertz CT molecular complexity index is 517. The summed E-state index contributed by atoms with van der Waals surface area (Å²) in [5, 5.41) is 18.7. The average molecular weight is 297 g/mol. The van der Waals surface area contributed by atoms with Gasteiger partial charge in [0, 0.05) is 11.6 Å². The minimum Gasteiger partial charge on any atom is -0.508 e. The van der Waals surface area contributed by atoms with Crippen LogP contribution in [0.1, 0.15) is 10.4 Å². The van der Waals surface area contributed by atoms with Gasteiger partial charge in [0.25, 0.3) is 5.91 Å². The maximum Gasteiger partial charge on any atom is 0.325 e. The van der Waals surface area contributed by atoms with Crippen LogP contribution in [0.3, 0.4) is 0 Å². The zero-order valence-electron chi connectivity index (χ0n) is 11.5. The maximum atomic E-state index is 12.2. The van der Waals surface area contributed by atoms with Crippen LogP contribution in [0.25, 0.3) is 0 Å². The van der Waals surface area contributed by atoms with E-state index in [0.717, 1.165) is 37.3 Å². The van der Waals surface area contributed by atoms with Crippen LogP contribution in [0.15, 0.2) is 18.2 Å². The van der Waals surface area contributed by atoms with E-state index >= 15 is 0 Å². The number of hydrogen-bond acceptors (Lipinski definition) is 7. The molecule has 21 heavy (non-hydrogen) atoms. The molecule has 0 fully saturated rings. The van der Waals surface area contributed by atoms with Crippen LogP contribution >= 0.6 is 0 Å². The summed E-state index contributed by atoms with van der Waals surface area (Å²) < 4.78 is 8.89. The van der Waals surface area contributed by atoms with Gasteiger partial charge in [0.15, 0.2) is 0 Å². The van der Waals surface area contributed by atoms with Gasteiger partial charge in [-0.2, -0.15) is 0 Å². The number of amides is 1. The van der Waals surface area contributed by atoms with E-state index in [1.54, 1.807) is 0 Å². The molecule has 0 aromatic heterocycles. The number of carbonyl (C=O) groups excluding carboxylic acids is 3. The Balaban J connectivity index is 3.02. The van der Waals surface area contributed by atoms with Crippen LogP contribution in [0.4, 0.5) is 0 Å². The predicted octanol–water partition coefficient (Wildman–Crippen LogP) is -0.114. The first kappa shape index (κ1) is 16.3. The highest BCUT2D eigenvalue weighted by atomic mass is 16.5. The zero-order valence-corrected chi connectivity index (χ0v) is 11.5. The van der Waals surface area contributed by atoms with Crippen molar-refractivity contribution >= 4 is 17.8 Å². The summed E-state index contributed by atoms with van der Waals surface area (Å²) in [5.41, 5.74) is -0.0830. The molecule has 0 spiro atoms. The van der Waals surface area contributed by atoms with Crippen molar-refractivity contribution in [2.45, 2.75) is 0 Å². The lowest BCUT2D eigenvalue weighted by Gasteiger charge is -2.20. The number of methoxy groups -OCH3 is 2. The Hall–Kier alpha value is -2.77. The largest absolute Gasteiger partial charge is 0.508 e. The van der Waals surface area contributed by atoms with Crippen LogP contribution in [0.5, 0.6) is 11.5 Å². The van der Waals surface area contributed by atoms with Crippen molar-refractivity contribution in [1.29, 1.82) is 0 Å². The van der Waals surface area contributed by atoms with Crippen molar-refractivity contribution in [2.75, 3.05) is 27.3 Å². The number of phenols is 2. The van der Waals surface area contributed by atoms with Gasteiger partial charge in [-0.3, -0.25) is 14.4 Å². The molecule has 0 aliphatic heterocycles. The molecule has 0 aliphatic carbocycles. The van der Waals surface area contributed by atoms with Gasteiger partial charge in [-0.05, 0) is 12.1 Å². The summed E-state index contributed by atoms with van der Waals surface area (Å²) in [6.07, 6.45) is 0. The van der Waals surface area contributed by atoms with Crippen LogP contribution in [-0.2, 0) is 19.1 Å². The monoisotopic (exact) mass is 297 g/mol. The summed E-state index contributed by atoms with van der Waals surface area (Å²) in [4.78, 5) is 35.7. The number of carbonyl (C=O) groups is 3. The molecule has 8 nitrogen and oxygen atoms in total. The third-order valence-electron chi connectivity index (χ3n) is 2.53. The summed E-state index contributed by atoms with van der Waals surface area (Å²) in [7, 11) is 2.28. The molecule has 8 heteroatoms. The highest BCUT2D eigenvalue weighted by molar-refractivity contribution is 5.98. The van der Waals surface area contributed by atoms with Crippen molar-refractivity contribution in [2.24, 2.45) is 0 Å². The molecule has 0 atom stereocenters. The fourth-order valence-electron chi connectivity index (χ4n) is 1.54. The van der Waals surface area contributed by atoms with Gasteiger partial charge < -0.3 is 24.6 Å². The number of aromatic hydroxyl groups is 2. The van der Waals surface area contributed by atoms with Crippen molar-refractivity contribution in [1.82, 2.24) is 4.90 Å². The third kappa shape index (κ3) is 4.68. The summed E-state index contributed by atoms with van der Waals surface area (Å²) in [6, 6.07) is 3.24. The Morgan fingerprint density at radius 2 is 1.38 bits per heavy atom. The fraction of sp³-hybridized carbons (Fsp3) is 0.308. The quantitative estimate of drug-likeness (QED) is 0.729. The smallest absolute Gasteiger partial charge is 0.325 e. The van der Waals surface area contributed by atoms with Crippen LogP contribution < -0.4 is 0 Å². The molecule has 2 N–H and O–H groups in total. The summed E-state index contributed by atoms with van der Waals surface area (Å²) in [6.45, 7) is -0.943. The van der Waals surface area contributed by atoms with Gasteiger partial charge >= 0.3 is 11.9 Å². The molecule has 0 saturated carbocycles. The molecule has 1 aromatic rings. The van der Waals surface area contributed by atoms with Crippen molar-refractivity contribution in [3.8, 4) is 11.5 Å². The zero-order chi connectivity index (χ0) is 16.0. The first-order chi connectivity index (χ1) is 9.87. The molecule has 0 radical (unpaired) electrons. The SMILES string of the molecule is COC(=O)CN(CC(=O)OC)C(=O)c1cc(O)cc(O)c1. The second kappa shape index (κ2) is 7.13. The van der Waals surface area contributed by atoms with Gasteiger partial charge in [-0.25, -0.2) is 0 Å². The van der Waals surface area contributed by atoms with Crippen LogP contribution in [0, 0.1) is 0 Å². The van der Waals surface area contributed by atoms with Gasteiger partial charge in [-0.1, -0.05) is 0 Å². The predicted molar refractivity (Wildman–Crippen MR) is 69.7 cm³/mol. The van der Waals surface area contributed by atoms with E-state index in [2.05, 4.69) is 9.47 Å². The van der Waals surface area contributed by atoms with E-state index in [1.807, 2.05) is 0 Å². The third-order valence-corrected chi connectivity index (χ3v) is 2.53. The minimum absolute atomic E-state index is 0.0830. The number of rotatable bonds is 5. The molecule has 0 aliphatic rings. The normalized spacial score (nSPS) is 9.81. The number of ether oxygens (including phenoxy) is 2. The second-order valence-corrected chi connectivity index (χ2v) is 4.05. The number of benzene rings is 1. The Labute approximate surface area is 120 Å². The highest BCUT2D eigenvalue weighted by Gasteiger charge is 2.23. The lowest BCUT2D eigenvalue weighted by molar-refractivity contribution is -0.144. The van der Waals surface area contributed by atoms with Crippen molar-refractivity contribution in [3.05, 3.63) is 23.8 Å². The first-order valence-electron chi connectivity index (χ1n) is 5.83. The molecule has 114 valence electrons. The lowest BCUT2D eigenvalue weighted by Crippen LogP contribution is -2.40. The number of phenolic OH excluding ortho intramolecular Hbond substituents is 2. The van der Waals surface area contributed by atoms with Gasteiger partial charge in [0.1, 0.15) is 24.6 Å². The average Bonchev–Trinajstić information content (AvgIpc) is 2.44. The van der Waals surface area contributed by atoms with E-state index < -0.39 is 30.9 Å². The van der Waals surface area contributed by atoms with Gasteiger partial charge in [-0.15, -0.1) is 0 Å². The topological polar surface area (TPSA) is 113 Å². The van der Waals surface area contributed by atoms with Gasteiger partial charge in [0.05, 0.1) is 14.2 Å². The standard InChI is InChI=1S/C13H15NO7/c1-20-11(17)6-14(7-12(18)21-2)13(19)8-3-9(15)5-10(16)4-8/h3-5,15-16H,6-7H2,1-2H3. The molecule has 1 amide bonds. The second-order valence-electron chi connectivity index (χ2n) is 4.05. The Morgan fingerprint density at radius 1 is 0.952 bits per heavy atom. The van der Waals surface area contributed by atoms with E-state index in [1.165, 1.54) is 0 Å². The molecule has 0 heterocycles. The van der Waals surface area contributed by atoms with Crippen LogP contribution in [0.2, 0.25) is 0 Å². The maximum absolute atomic E-state index is 12.2. The molecule has 1 rings (SSSR count). The minimum atomic E-state index is -0.739. The number of nitrogens with zero attached hydrogens (tertiary/aromatic N) is 1. The molecule has 0 saturated heterocycles. The molecule has 1 aromatic carbocycles. The first-order valence-corrected chi connectivity index (χ1v) is 5.83. The summed E-state index contributed by atoms with van der Waals surface area (Å²) in [5.74, 6) is -2.84. The number of hydrogen-bond donors (Lipinski definition) is 2. The van der Waals surface area contributed by atoms with Crippen molar-refractivity contribution in [3.63, 3.8) is 0 Å². The lowest BCUT2D eigenvalue weighted by atomic mass is 10.1. The molecular weight excluding hydrogens is 282 g/mol. The fourth-order valence-corrected chi connectivity index (χ4v) is 1.54. The van der Waals surface area contributed by atoms with E-state index in [4.69, 9.17) is 0 Å². The molecule has 0 bridgehead atoms. The molecule has 0 unspecified atom stereocenters. The molecular formula is C13H15NO7.